The van der Waals surface area contributed by atoms with Crippen molar-refractivity contribution >= 4 is 34.6 Å². The van der Waals surface area contributed by atoms with Crippen molar-refractivity contribution in [2.24, 2.45) is 0 Å². The van der Waals surface area contributed by atoms with Crippen LogP contribution in [0.5, 0.6) is 5.75 Å². The molecule has 2 aromatic carbocycles. The molecule has 0 aliphatic rings. The summed E-state index contributed by atoms with van der Waals surface area (Å²) in [4.78, 5) is 0. The normalized spacial score (nSPS) is 10.1. The summed E-state index contributed by atoms with van der Waals surface area (Å²) in [5.74, 6) is -0.936. The van der Waals surface area contributed by atoms with Gasteiger partial charge in [0.15, 0.2) is 5.11 Å². The van der Waals surface area contributed by atoms with Crippen LogP contribution in [0.3, 0.4) is 0 Å². The molecule has 0 amide bonds. The summed E-state index contributed by atoms with van der Waals surface area (Å²) >= 11 is 10.8. The Balaban J connectivity index is 1.97. The zero-order chi connectivity index (χ0) is 14.5. The molecule has 0 aliphatic carbocycles. The molecule has 3 N–H and O–H groups in total. The Morgan fingerprint density at radius 2 is 1.95 bits per heavy atom. The Morgan fingerprint density at radius 1 is 1.25 bits per heavy atom. The second-order valence-corrected chi connectivity index (χ2v) is 4.89. The summed E-state index contributed by atoms with van der Waals surface area (Å²) in [6.07, 6.45) is 0. The number of phenolic OH excluding ortho intramolecular Hbond substituents is 1. The van der Waals surface area contributed by atoms with Gasteiger partial charge in [0.2, 0.25) is 0 Å². The molecule has 0 fully saturated rings. The van der Waals surface area contributed by atoms with E-state index in [0.717, 1.165) is 11.6 Å². The summed E-state index contributed by atoms with van der Waals surface area (Å²) < 4.78 is 13.6. The van der Waals surface area contributed by atoms with Gasteiger partial charge >= 0.3 is 0 Å². The standard InChI is InChI=1S/C14H12ClFN2OS/c15-10-6-12(11(16)7-13(10)19)18-14(20)17-8-9-4-2-1-3-5-9/h1-7,19H,8H2,(H2,17,18,20). The van der Waals surface area contributed by atoms with Gasteiger partial charge in [0.05, 0.1) is 10.7 Å². The minimum Gasteiger partial charge on any atom is -0.506 e. The predicted octanol–water partition coefficient (Wildman–Crippen LogP) is 3.67. The minimum absolute atomic E-state index is 0.0553. The predicted molar refractivity (Wildman–Crippen MR) is 82.6 cm³/mol. The van der Waals surface area contributed by atoms with Gasteiger partial charge in [-0.3, -0.25) is 0 Å². The topological polar surface area (TPSA) is 44.3 Å². The van der Waals surface area contributed by atoms with E-state index in [0.29, 0.717) is 6.54 Å². The summed E-state index contributed by atoms with van der Waals surface area (Å²) in [5.41, 5.74) is 1.17. The highest BCUT2D eigenvalue weighted by atomic mass is 35.5. The van der Waals surface area contributed by atoms with Crippen molar-refractivity contribution < 1.29 is 9.50 Å². The number of thiocarbonyl (C=S) groups is 1. The number of aromatic hydroxyl groups is 1. The van der Waals surface area contributed by atoms with E-state index in [9.17, 15) is 9.50 Å². The molecular formula is C14H12ClFN2OS. The smallest absolute Gasteiger partial charge is 0.171 e. The van der Waals surface area contributed by atoms with Crippen molar-refractivity contribution in [3.8, 4) is 5.75 Å². The van der Waals surface area contributed by atoms with Crippen LogP contribution in [0, 0.1) is 5.82 Å². The van der Waals surface area contributed by atoms with Gasteiger partial charge in [-0.15, -0.1) is 0 Å². The molecule has 0 heterocycles. The molecule has 2 rings (SSSR count). The first-order valence-electron chi connectivity index (χ1n) is 5.83. The molecule has 104 valence electrons. The van der Waals surface area contributed by atoms with Gasteiger partial charge in [-0.05, 0) is 23.8 Å². The first kappa shape index (κ1) is 14.6. The number of benzene rings is 2. The third-order valence-electron chi connectivity index (χ3n) is 2.58. The monoisotopic (exact) mass is 310 g/mol. The molecule has 2 aromatic rings. The van der Waals surface area contributed by atoms with Crippen molar-refractivity contribution in [2.45, 2.75) is 6.54 Å². The zero-order valence-electron chi connectivity index (χ0n) is 10.4. The number of nitrogens with one attached hydrogen (secondary N) is 2. The quantitative estimate of drug-likeness (QED) is 0.598. The van der Waals surface area contributed by atoms with Crippen LogP contribution in [0.15, 0.2) is 42.5 Å². The van der Waals surface area contributed by atoms with Gasteiger partial charge in [0.1, 0.15) is 11.6 Å². The lowest BCUT2D eigenvalue weighted by Gasteiger charge is -2.12. The molecule has 0 spiro atoms. The molecule has 0 radical (unpaired) electrons. The highest BCUT2D eigenvalue weighted by Gasteiger charge is 2.09. The van der Waals surface area contributed by atoms with E-state index < -0.39 is 5.82 Å². The van der Waals surface area contributed by atoms with E-state index in [4.69, 9.17) is 23.8 Å². The molecule has 0 atom stereocenters. The second kappa shape index (κ2) is 6.54. The molecule has 0 bridgehead atoms. The number of phenols is 1. The third kappa shape index (κ3) is 3.82. The first-order chi connectivity index (χ1) is 9.56. The van der Waals surface area contributed by atoms with Crippen LogP contribution in [0.25, 0.3) is 0 Å². The fourth-order valence-corrected chi connectivity index (χ4v) is 1.92. The van der Waals surface area contributed by atoms with Crippen molar-refractivity contribution in [2.75, 3.05) is 5.32 Å². The molecule has 0 unspecified atom stereocenters. The number of halogens is 2. The molecule has 0 aromatic heterocycles. The maximum atomic E-state index is 13.6. The van der Waals surface area contributed by atoms with Crippen molar-refractivity contribution in [3.63, 3.8) is 0 Å². The van der Waals surface area contributed by atoms with Gasteiger partial charge in [-0.25, -0.2) is 4.39 Å². The van der Waals surface area contributed by atoms with Gasteiger partial charge in [-0.1, -0.05) is 41.9 Å². The molecule has 20 heavy (non-hydrogen) atoms. The summed E-state index contributed by atoms with van der Waals surface area (Å²) in [5, 5.41) is 15.2. The van der Waals surface area contributed by atoms with E-state index in [1.54, 1.807) is 0 Å². The average molecular weight is 311 g/mol. The molecule has 6 heteroatoms. The number of rotatable bonds is 3. The van der Waals surface area contributed by atoms with Crippen LogP contribution < -0.4 is 10.6 Å². The van der Waals surface area contributed by atoms with Crippen LogP contribution in [-0.4, -0.2) is 10.2 Å². The molecule has 0 aliphatic heterocycles. The van der Waals surface area contributed by atoms with E-state index in [1.165, 1.54) is 6.07 Å². The Kier molecular flexibility index (Phi) is 4.76. The van der Waals surface area contributed by atoms with E-state index in [1.807, 2.05) is 30.3 Å². The summed E-state index contributed by atoms with van der Waals surface area (Å²) in [6, 6.07) is 11.9. The highest BCUT2D eigenvalue weighted by molar-refractivity contribution is 7.80. The summed E-state index contributed by atoms with van der Waals surface area (Å²) in [6.45, 7) is 0.528. The SMILES string of the molecule is Oc1cc(F)c(NC(=S)NCc2ccccc2)cc1Cl. The maximum Gasteiger partial charge on any atom is 0.171 e. The van der Waals surface area contributed by atoms with Crippen molar-refractivity contribution in [3.05, 3.63) is 58.9 Å². The van der Waals surface area contributed by atoms with Crippen molar-refractivity contribution in [1.29, 1.82) is 0 Å². The van der Waals surface area contributed by atoms with Crippen LogP contribution >= 0.6 is 23.8 Å². The Labute approximate surface area is 126 Å². The largest absolute Gasteiger partial charge is 0.506 e. The van der Waals surface area contributed by atoms with Gasteiger partial charge < -0.3 is 15.7 Å². The van der Waals surface area contributed by atoms with E-state index in [-0.39, 0.29) is 21.6 Å². The highest BCUT2D eigenvalue weighted by Crippen LogP contribution is 2.29. The fourth-order valence-electron chi connectivity index (χ4n) is 1.58. The second-order valence-electron chi connectivity index (χ2n) is 4.08. The van der Waals surface area contributed by atoms with E-state index in [2.05, 4.69) is 10.6 Å². The van der Waals surface area contributed by atoms with Crippen LogP contribution in [0.1, 0.15) is 5.56 Å². The zero-order valence-corrected chi connectivity index (χ0v) is 11.9. The Bertz CT molecular complexity index is 622. The van der Waals surface area contributed by atoms with E-state index >= 15 is 0 Å². The van der Waals surface area contributed by atoms with Gasteiger partial charge in [0.25, 0.3) is 0 Å². The van der Waals surface area contributed by atoms with Gasteiger partial charge in [-0.2, -0.15) is 0 Å². The fraction of sp³-hybridized carbons (Fsp3) is 0.0714. The van der Waals surface area contributed by atoms with Crippen LogP contribution in [-0.2, 0) is 6.54 Å². The lowest BCUT2D eigenvalue weighted by molar-refractivity contribution is 0.470. The van der Waals surface area contributed by atoms with Gasteiger partial charge in [0, 0.05) is 12.6 Å². The Morgan fingerprint density at radius 3 is 2.65 bits per heavy atom. The molecule has 0 saturated carbocycles. The minimum atomic E-state index is -0.629. The first-order valence-corrected chi connectivity index (χ1v) is 6.61. The number of hydrogen-bond acceptors (Lipinski definition) is 2. The number of anilines is 1. The molecule has 0 saturated heterocycles. The van der Waals surface area contributed by atoms with Crippen molar-refractivity contribution in [1.82, 2.24) is 5.32 Å². The molecular weight excluding hydrogens is 299 g/mol. The average Bonchev–Trinajstić information content (AvgIpc) is 2.44. The number of hydrogen-bond donors (Lipinski definition) is 3. The van der Waals surface area contributed by atoms with Crippen LogP contribution in [0.4, 0.5) is 10.1 Å². The third-order valence-corrected chi connectivity index (χ3v) is 3.13. The summed E-state index contributed by atoms with van der Waals surface area (Å²) in [7, 11) is 0. The Hall–Kier alpha value is -1.85. The lowest BCUT2D eigenvalue weighted by atomic mass is 10.2. The maximum absolute atomic E-state index is 13.6. The van der Waals surface area contributed by atoms with Crippen LogP contribution in [0.2, 0.25) is 5.02 Å². The molecule has 3 nitrogen and oxygen atoms in total. The lowest BCUT2D eigenvalue weighted by Crippen LogP contribution is -2.28.